The molecule has 0 aliphatic rings. The average Bonchev–Trinajstić information content (AvgIpc) is 2.36. The van der Waals surface area contributed by atoms with Gasteiger partial charge in [-0.15, -0.1) is 0 Å². The normalized spacial score (nSPS) is 15.1. The van der Waals surface area contributed by atoms with Gasteiger partial charge in [0.05, 0.1) is 10.5 Å². The number of hydrogen-bond acceptors (Lipinski definition) is 3. The first-order chi connectivity index (χ1) is 9.66. The van der Waals surface area contributed by atoms with Gasteiger partial charge in [0.15, 0.2) is 0 Å². The largest absolute Gasteiger partial charge is 0.389 e. The van der Waals surface area contributed by atoms with Gasteiger partial charge in [-0.3, -0.25) is 0 Å². The van der Waals surface area contributed by atoms with Crippen molar-refractivity contribution in [3.8, 4) is 0 Å². The second-order valence-corrected chi connectivity index (χ2v) is 8.08. The van der Waals surface area contributed by atoms with Crippen molar-refractivity contribution in [2.45, 2.75) is 57.5 Å². The smallest absolute Gasteiger partial charge is 0.240 e. The van der Waals surface area contributed by atoms with Crippen molar-refractivity contribution in [2.75, 3.05) is 6.54 Å². The summed E-state index contributed by atoms with van der Waals surface area (Å²) in [6, 6.07) is 6.91. The first-order valence-electron chi connectivity index (χ1n) is 7.47. The van der Waals surface area contributed by atoms with Crippen LogP contribution < -0.4 is 4.72 Å². The maximum Gasteiger partial charge on any atom is 0.240 e. The minimum atomic E-state index is -3.57. The van der Waals surface area contributed by atoms with Gasteiger partial charge in [-0.05, 0) is 43.4 Å². The zero-order chi connectivity index (χ0) is 16.1. The molecule has 0 aliphatic carbocycles. The van der Waals surface area contributed by atoms with Crippen LogP contribution in [0.3, 0.4) is 0 Å². The lowest BCUT2D eigenvalue weighted by molar-refractivity contribution is 0.0437. The first kappa shape index (κ1) is 18.1. The fourth-order valence-corrected chi connectivity index (χ4v) is 3.57. The van der Waals surface area contributed by atoms with Crippen molar-refractivity contribution in [3.05, 3.63) is 29.8 Å². The highest BCUT2D eigenvalue weighted by molar-refractivity contribution is 7.89. The number of sulfonamides is 1. The Hall–Kier alpha value is -0.910. The Morgan fingerprint density at radius 1 is 1.24 bits per heavy atom. The van der Waals surface area contributed by atoms with Crippen molar-refractivity contribution in [3.63, 3.8) is 0 Å². The summed E-state index contributed by atoms with van der Waals surface area (Å²) in [5.41, 5.74) is 0.0897. The van der Waals surface area contributed by atoms with E-state index in [1.54, 1.807) is 19.1 Å². The summed E-state index contributed by atoms with van der Waals surface area (Å²) in [5.74, 6) is 0.304. The van der Waals surface area contributed by atoms with E-state index in [2.05, 4.69) is 11.6 Å². The summed E-state index contributed by atoms with van der Waals surface area (Å²) < 4.78 is 26.9. The van der Waals surface area contributed by atoms with Crippen molar-refractivity contribution in [1.29, 1.82) is 0 Å². The summed E-state index contributed by atoms with van der Waals surface area (Å²) in [6.45, 7) is 7.75. The van der Waals surface area contributed by atoms with Gasteiger partial charge in [0.25, 0.3) is 0 Å². The second kappa shape index (κ2) is 7.38. The molecule has 0 aliphatic heterocycles. The van der Waals surface area contributed by atoms with E-state index < -0.39 is 15.6 Å². The Morgan fingerprint density at radius 3 is 2.29 bits per heavy atom. The van der Waals surface area contributed by atoms with Crippen LogP contribution in [0.5, 0.6) is 0 Å². The fourth-order valence-electron chi connectivity index (χ4n) is 2.41. The molecule has 4 nitrogen and oxygen atoms in total. The van der Waals surface area contributed by atoms with E-state index in [1.807, 2.05) is 26.0 Å². The molecule has 1 rings (SSSR count). The molecule has 5 heteroatoms. The van der Waals surface area contributed by atoms with Crippen LogP contribution in [0.15, 0.2) is 29.2 Å². The Morgan fingerprint density at radius 2 is 1.81 bits per heavy atom. The molecule has 0 amide bonds. The van der Waals surface area contributed by atoms with E-state index in [1.165, 1.54) is 0 Å². The number of rotatable bonds is 8. The maximum absolute atomic E-state index is 12.2. The fraction of sp³-hybridized carbons (Fsp3) is 0.625. The van der Waals surface area contributed by atoms with E-state index in [9.17, 15) is 13.5 Å². The third kappa shape index (κ3) is 6.16. The molecule has 1 aromatic rings. The van der Waals surface area contributed by atoms with Gasteiger partial charge >= 0.3 is 0 Å². The number of nitrogens with one attached hydrogen (secondary N) is 1. The summed E-state index contributed by atoms with van der Waals surface area (Å²) in [4.78, 5) is 0.239. The minimum absolute atomic E-state index is 0.0181. The van der Waals surface area contributed by atoms with Gasteiger partial charge in [0.1, 0.15) is 0 Å². The first-order valence-corrected chi connectivity index (χ1v) is 8.95. The van der Waals surface area contributed by atoms with Gasteiger partial charge in [0.2, 0.25) is 10.0 Å². The average molecular weight is 313 g/mol. The summed E-state index contributed by atoms with van der Waals surface area (Å²) >= 11 is 0. The van der Waals surface area contributed by atoms with Crippen LogP contribution in [0.1, 0.15) is 46.1 Å². The van der Waals surface area contributed by atoms with E-state index in [-0.39, 0.29) is 11.4 Å². The Kier molecular flexibility index (Phi) is 6.38. The van der Waals surface area contributed by atoms with E-state index in [0.29, 0.717) is 12.3 Å². The predicted octanol–water partition coefficient (Wildman–Crippen LogP) is 2.71. The van der Waals surface area contributed by atoms with Gasteiger partial charge in [-0.1, -0.05) is 39.3 Å². The lowest BCUT2D eigenvalue weighted by Gasteiger charge is -2.25. The molecule has 0 fully saturated rings. The highest BCUT2D eigenvalue weighted by Gasteiger charge is 2.25. The van der Waals surface area contributed by atoms with Crippen LogP contribution in [-0.4, -0.2) is 25.7 Å². The second-order valence-electron chi connectivity index (χ2n) is 6.31. The molecule has 0 saturated heterocycles. The molecule has 1 atom stereocenters. The monoisotopic (exact) mass is 313 g/mol. The van der Waals surface area contributed by atoms with E-state index in [0.717, 1.165) is 18.4 Å². The van der Waals surface area contributed by atoms with Crippen LogP contribution in [0, 0.1) is 5.92 Å². The van der Waals surface area contributed by atoms with Crippen molar-refractivity contribution in [1.82, 2.24) is 4.72 Å². The standard InChI is InChI=1S/C16H27NO3S/c1-5-6-14-7-9-15(10-8-14)21(19,20)17-12-16(4,18)11-13(2)3/h7-10,13,17-18H,5-6,11-12H2,1-4H3. The summed E-state index contributed by atoms with van der Waals surface area (Å²) in [5, 5.41) is 10.2. The molecule has 120 valence electrons. The van der Waals surface area contributed by atoms with Crippen molar-refractivity contribution in [2.24, 2.45) is 5.92 Å². The van der Waals surface area contributed by atoms with Gasteiger partial charge in [-0.2, -0.15) is 0 Å². The van der Waals surface area contributed by atoms with Gasteiger partial charge in [-0.25, -0.2) is 13.1 Å². The lowest BCUT2D eigenvalue weighted by atomic mass is 9.95. The summed E-state index contributed by atoms with van der Waals surface area (Å²) in [6.07, 6.45) is 2.52. The molecule has 21 heavy (non-hydrogen) atoms. The molecule has 0 aromatic heterocycles. The molecule has 0 radical (unpaired) electrons. The SMILES string of the molecule is CCCc1ccc(S(=O)(=O)NCC(C)(O)CC(C)C)cc1. The zero-order valence-corrected chi connectivity index (χ0v) is 14.2. The zero-order valence-electron chi connectivity index (χ0n) is 13.4. The minimum Gasteiger partial charge on any atom is -0.389 e. The highest BCUT2D eigenvalue weighted by atomic mass is 32.2. The molecule has 0 bridgehead atoms. The van der Waals surface area contributed by atoms with Crippen molar-refractivity contribution < 1.29 is 13.5 Å². The molecule has 1 unspecified atom stereocenters. The van der Waals surface area contributed by atoms with Gasteiger partial charge in [0, 0.05) is 6.54 Å². The maximum atomic E-state index is 12.2. The quantitative estimate of drug-likeness (QED) is 0.775. The molecule has 0 heterocycles. The molecular weight excluding hydrogens is 286 g/mol. The molecule has 2 N–H and O–H groups in total. The number of aliphatic hydroxyl groups is 1. The van der Waals surface area contributed by atoms with Gasteiger partial charge < -0.3 is 5.11 Å². The van der Waals surface area contributed by atoms with E-state index >= 15 is 0 Å². The Bertz CT molecular complexity index is 533. The van der Waals surface area contributed by atoms with Crippen LogP contribution in [0.25, 0.3) is 0 Å². The third-order valence-electron chi connectivity index (χ3n) is 3.26. The third-order valence-corrected chi connectivity index (χ3v) is 4.68. The summed E-state index contributed by atoms with van der Waals surface area (Å²) in [7, 11) is -3.57. The van der Waals surface area contributed by atoms with Crippen LogP contribution in [-0.2, 0) is 16.4 Å². The number of aryl methyl sites for hydroxylation is 1. The van der Waals surface area contributed by atoms with Crippen LogP contribution in [0.2, 0.25) is 0 Å². The molecule has 0 saturated carbocycles. The Labute approximate surface area is 128 Å². The van der Waals surface area contributed by atoms with E-state index in [4.69, 9.17) is 0 Å². The molecule has 0 spiro atoms. The predicted molar refractivity (Wildman–Crippen MR) is 85.7 cm³/mol. The van der Waals surface area contributed by atoms with Crippen LogP contribution >= 0.6 is 0 Å². The number of benzene rings is 1. The van der Waals surface area contributed by atoms with Crippen LogP contribution in [0.4, 0.5) is 0 Å². The number of hydrogen-bond donors (Lipinski definition) is 2. The Balaban J connectivity index is 2.73. The highest BCUT2D eigenvalue weighted by Crippen LogP contribution is 2.17. The molecule has 1 aromatic carbocycles. The topological polar surface area (TPSA) is 66.4 Å². The lowest BCUT2D eigenvalue weighted by Crippen LogP contribution is -2.41. The van der Waals surface area contributed by atoms with Crippen molar-refractivity contribution >= 4 is 10.0 Å². The molecular formula is C16H27NO3S.